The number of carbonyl (C=O) groups excluding carboxylic acids is 1. The van der Waals surface area contributed by atoms with Crippen LogP contribution in [-0.2, 0) is 6.54 Å². The van der Waals surface area contributed by atoms with Crippen LogP contribution < -0.4 is 14.8 Å². The largest absolute Gasteiger partial charge is 0.486 e. The standard InChI is InChI=1S/C18H17N5O3/c1-12-9-13(5-6-15(12)23-11-20-21-22-23)18(24)19-10-14-3-2-4-16-17(14)26-8-7-25-16/h2-6,9,11H,7-8,10H2,1H3,(H,19,24). The number of amides is 1. The van der Waals surface area contributed by atoms with Crippen LogP contribution in [0.25, 0.3) is 5.69 Å². The Morgan fingerprint density at radius 3 is 2.92 bits per heavy atom. The van der Waals surface area contributed by atoms with Crippen molar-refractivity contribution in [2.45, 2.75) is 13.5 Å². The minimum absolute atomic E-state index is 0.161. The number of nitrogens with one attached hydrogen (secondary N) is 1. The maximum atomic E-state index is 12.5. The van der Waals surface area contributed by atoms with E-state index in [-0.39, 0.29) is 5.91 Å². The molecule has 1 amide bonds. The Bertz CT molecular complexity index is 940. The Morgan fingerprint density at radius 1 is 1.23 bits per heavy atom. The van der Waals surface area contributed by atoms with Gasteiger partial charge in [-0.1, -0.05) is 12.1 Å². The number of para-hydroxylation sites is 1. The average molecular weight is 351 g/mol. The summed E-state index contributed by atoms with van der Waals surface area (Å²) in [5.41, 5.74) is 3.19. The van der Waals surface area contributed by atoms with Gasteiger partial charge in [0.2, 0.25) is 0 Å². The molecule has 1 aliphatic heterocycles. The zero-order valence-electron chi connectivity index (χ0n) is 14.2. The quantitative estimate of drug-likeness (QED) is 0.769. The van der Waals surface area contributed by atoms with Gasteiger partial charge in [-0.05, 0) is 47.2 Å². The van der Waals surface area contributed by atoms with Crippen LogP contribution in [0.4, 0.5) is 0 Å². The lowest BCUT2D eigenvalue weighted by atomic mass is 10.1. The zero-order valence-corrected chi connectivity index (χ0v) is 14.2. The summed E-state index contributed by atoms with van der Waals surface area (Å²) < 4.78 is 12.8. The summed E-state index contributed by atoms with van der Waals surface area (Å²) in [5.74, 6) is 1.25. The number of hydrogen-bond acceptors (Lipinski definition) is 6. The SMILES string of the molecule is Cc1cc(C(=O)NCc2cccc3c2OCCO3)ccc1-n1cnnn1. The summed E-state index contributed by atoms with van der Waals surface area (Å²) in [6, 6.07) is 11.1. The number of aromatic nitrogens is 4. The van der Waals surface area contributed by atoms with E-state index >= 15 is 0 Å². The number of fused-ring (bicyclic) bond motifs is 1. The first-order valence-corrected chi connectivity index (χ1v) is 8.22. The Morgan fingerprint density at radius 2 is 2.12 bits per heavy atom. The molecule has 0 radical (unpaired) electrons. The van der Waals surface area contributed by atoms with Crippen molar-refractivity contribution in [2.24, 2.45) is 0 Å². The predicted octanol–water partition coefficient (Wildman–Crippen LogP) is 1.67. The molecule has 0 atom stereocenters. The highest BCUT2D eigenvalue weighted by atomic mass is 16.6. The highest BCUT2D eigenvalue weighted by Crippen LogP contribution is 2.33. The second-order valence-electron chi connectivity index (χ2n) is 5.88. The van der Waals surface area contributed by atoms with Crippen LogP contribution in [0.15, 0.2) is 42.7 Å². The number of carbonyl (C=O) groups is 1. The van der Waals surface area contributed by atoms with Crippen molar-refractivity contribution in [3.63, 3.8) is 0 Å². The molecule has 1 aromatic heterocycles. The number of hydrogen-bond donors (Lipinski definition) is 1. The lowest BCUT2D eigenvalue weighted by Gasteiger charge is -2.21. The molecular weight excluding hydrogens is 334 g/mol. The van der Waals surface area contributed by atoms with Gasteiger partial charge in [0.25, 0.3) is 5.91 Å². The first-order chi connectivity index (χ1) is 12.7. The van der Waals surface area contributed by atoms with E-state index in [4.69, 9.17) is 9.47 Å². The molecule has 0 spiro atoms. The van der Waals surface area contributed by atoms with Crippen LogP contribution >= 0.6 is 0 Å². The molecule has 3 aromatic rings. The lowest BCUT2D eigenvalue weighted by Crippen LogP contribution is -2.24. The highest BCUT2D eigenvalue weighted by molar-refractivity contribution is 5.94. The van der Waals surface area contributed by atoms with Gasteiger partial charge in [0.15, 0.2) is 11.5 Å². The molecule has 0 aliphatic carbocycles. The topological polar surface area (TPSA) is 91.2 Å². The minimum Gasteiger partial charge on any atom is -0.486 e. The highest BCUT2D eigenvalue weighted by Gasteiger charge is 2.16. The van der Waals surface area contributed by atoms with Gasteiger partial charge in [-0.2, -0.15) is 0 Å². The van der Waals surface area contributed by atoms with Crippen molar-refractivity contribution >= 4 is 5.91 Å². The van der Waals surface area contributed by atoms with Gasteiger partial charge in [0, 0.05) is 17.7 Å². The summed E-state index contributed by atoms with van der Waals surface area (Å²) in [5, 5.41) is 14.0. The van der Waals surface area contributed by atoms with Crippen LogP contribution in [0.2, 0.25) is 0 Å². The smallest absolute Gasteiger partial charge is 0.251 e. The normalized spacial score (nSPS) is 12.7. The minimum atomic E-state index is -0.161. The number of benzene rings is 2. The second-order valence-corrected chi connectivity index (χ2v) is 5.88. The Balaban J connectivity index is 1.48. The molecule has 8 nitrogen and oxygen atoms in total. The van der Waals surface area contributed by atoms with Crippen molar-refractivity contribution < 1.29 is 14.3 Å². The van der Waals surface area contributed by atoms with E-state index in [1.54, 1.807) is 10.7 Å². The third-order valence-electron chi connectivity index (χ3n) is 4.14. The van der Waals surface area contributed by atoms with E-state index in [1.165, 1.54) is 6.33 Å². The van der Waals surface area contributed by atoms with E-state index in [2.05, 4.69) is 20.8 Å². The van der Waals surface area contributed by atoms with Crippen LogP contribution in [-0.4, -0.2) is 39.3 Å². The van der Waals surface area contributed by atoms with E-state index in [0.717, 1.165) is 16.8 Å². The molecule has 1 aliphatic rings. The van der Waals surface area contributed by atoms with Gasteiger partial charge in [0.1, 0.15) is 19.5 Å². The van der Waals surface area contributed by atoms with Gasteiger partial charge in [-0.15, -0.1) is 5.10 Å². The number of rotatable bonds is 4. The fourth-order valence-corrected chi connectivity index (χ4v) is 2.88. The fourth-order valence-electron chi connectivity index (χ4n) is 2.88. The number of nitrogens with zero attached hydrogens (tertiary/aromatic N) is 4. The van der Waals surface area contributed by atoms with E-state index in [1.807, 2.05) is 37.3 Å². The van der Waals surface area contributed by atoms with Crippen LogP contribution in [0.5, 0.6) is 11.5 Å². The summed E-state index contributed by atoms with van der Waals surface area (Å²) in [4.78, 5) is 12.5. The molecule has 4 rings (SSSR count). The molecule has 8 heteroatoms. The van der Waals surface area contributed by atoms with Crippen molar-refractivity contribution in [3.05, 3.63) is 59.4 Å². The fraction of sp³-hybridized carbons (Fsp3) is 0.222. The Hall–Kier alpha value is -3.42. The molecule has 0 fully saturated rings. The van der Waals surface area contributed by atoms with Crippen molar-refractivity contribution in [1.29, 1.82) is 0 Å². The summed E-state index contributed by atoms with van der Waals surface area (Å²) in [7, 11) is 0. The third kappa shape index (κ3) is 3.08. The van der Waals surface area contributed by atoms with E-state index in [0.29, 0.717) is 36.8 Å². The van der Waals surface area contributed by atoms with Crippen molar-refractivity contribution in [1.82, 2.24) is 25.5 Å². The molecule has 2 heterocycles. The zero-order chi connectivity index (χ0) is 17.9. The molecule has 132 valence electrons. The average Bonchev–Trinajstić information content (AvgIpc) is 3.20. The summed E-state index contributed by atoms with van der Waals surface area (Å²) >= 11 is 0. The lowest BCUT2D eigenvalue weighted by molar-refractivity contribution is 0.0950. The van der Waals surface area contributed by atoms with Crippen molar-refractivity contribution in [2.75, 3.05) is 13.2 Å². The molecule has 0 bridgehead atoms. The number of tetrazole rings is 1. The van der Waals surface area contributed by atoms with Crippen molar-refractivity contribution in [3.8, 4) is 17.2 Å². The van der Waals surface area contributed by atoms with Gasteiger partial charge in [-0.25, -0.2) is 4.68 Å². The second kappa shape index (κ2) is 6.83. The molecule has 0 saturated carbocycles. The van der Waals surface area contributed by atoms with Gasteiger partial charge in [0.05, 0.1) is 5.69 Å². The Labute approximate surface area is 149 Å². The summed E-state index contributed by atoms with van der Waals surface area (Å²) in [6.07, 6.45) is 1.52. The van der Waals surface area contributed by atoms with E-state index < -0.39 is 0 Å². The molecule has 2 aromatic carbocycles. The molecular formula is C18H17N5O3. The monoisotopic (exact) mass is 351 g/mol. The molecule has 1 N–H and O–H groups in total. The first kappa shape index (κ1) is 16.1. The van der Waals surface area contributed by atoms with Gasteiger partial charge < -0.3 is 14.8 Å². The molecule has 26 heavy (non-hydrogen) atoms. The third-order valence-corrected chi connectivity index (χ3v) is 4.14. The number of ether oxygens (including phenoxy) is 2. The maximum Gasteiger partial charge on any atom is 0.251 e. The maximum absolute atomic E-state index is 12.5. The van der Waals surface area contributed by atoms with Gasteiger partial charge >= 0.3 is 0 Å². The summed E-state index contributed by atoms with van der Waals surface area (Å²) in [6.45, 7) is 3.32. The molecule has 0 unspecified atom stereocenters. The number of aryl methyl sites for hydroxylation is 1. The van der Waals surface area contributed by atoms with E-state index in [9.17, 15) is 4.79 Å². The Kier molecular flexibility index (Phi) is 4.22. The van der Waals surface area contributed by atoms with Crippen LogP contribution in [0, 0.1) is 6.92 Å². The van der Waals surface area contributed by atoms with Gasteiger partial charge in [-0.3, -0.25) is 4.79 Å². The molecule has 0 saturated heterocycles. The van der Waals surface area contributed by atoms with Crippen LogP contribution in [0.3, 0.4) is 0 Å². The predicted molar refractivity (Wildman–Crippen MR) is 92.5 cm³/mol. The van der Waals surface area contributed by atoms with Crippen LogP contribution in [0.1, 0.15) is 21.5 Å². The first-order valence-electron chi connectivity index (χ1n) is 8.22.